The highest BCUT2D eigenvalue weighted by molar-refractivity contribution is 5.98. The van der Waals surface area contributed by atoms with Crippen LogP contribution in [0.3, 0.4) is 0 Å². The molecule has 0 aliphatic carbocycles. The molecular weight excluding hydrogens is 204 g/mol. The van der Waals surface area contributed by atoms with Crippen molar-refractivity contribution in [2.75, 3.05) is 0 Å². The molecule has 0 radical (unpaired) electrons. The quantitative estimate of drug-likeness (QED) is 0.653. The van der Waals surface area contributed by atoms with E-state index in [2.05, 4.69) is 17.2 Å². The average Bonchev–Trinajstić information content (AvgIpc) is 2.60. The van der Waals surface area contributed by atoms with E-state index in [4.69, 9.17) is 5.73 Å². The molecule has 4 heteroatoms. The maximum absolute atomic E-state index is 11.3. The SMILES string of the molecule is NC(=O)CC#Cc1ccc2c(c1)CNC2=O. The fraction of sp³-hybridized carbons (Fsp3) is 0.167. The van der Waals surface area contributed by atoms with E-state index < -0.39 is 5.91 Å². The van der Waals surface area contributed by atoms with Crippen LogP contribution in [0.25, 0.3) is 0 Å². The van der Waals surface area contributed by atoms with Crippen molar-refractivity contribution in [1.29, 1.82) is 0 Å². The first-order valence-corrected chi connectivity index (χ1v) is 4.85. The number of carbonyl (C=O) groups is 2. The Kier molecular flexibility index (Phi) is 2.61. The largest absolute Gasteiger partial charge is 0.369 e. The van der Waals surface area contributed by atoms with Crippen molar-refractivity contribution < 1.29 is 9.59 Å². The summed E-state index contributed by atoms with van der Waals surface area (Å²) in [7, 11) is 0. The number of fused-ring (bicyclic) bond motifs is 1. The van der Waals surface area contributed by atoms with Crippen LogP contribution in [0.1, 0.15) is 27.9 Å². The summed E-state index contributed by atoms with van der Waals surface area (Å²) < 4.78 is 0. The number of carbonyl (C=O) groups excluding carboxylic acids is 2. The van der Waals surface area contributed by atoms with Crippen molar-refractivity contribution in [2.24, 2.45) is 5.73 Å². The fourth-order valence-electron chi connectivity index (χ4n) is 1.54. The number of hydrogen-bond acceptors (Lipinski definition) is 2. The minimum Gasteiger partial charge on any atom is -0.369 e. The number of nitrogens with two attached hydrogens (primary N) is 1. The molecular formula is C12H10N2O2. The minimum atomic E-state index is -0.439. The lowest BCUT2D eigenvalue weighted by molar-refractivity contribution is -0.117. The van der Waals surface area contributed by atoms with Crippen LogP contribution in [0.15, 0.2) is 18.2 Å². The van der Waals surface area contributed by atoms with Crippen LogP contribution in [-0.4, -0.2) is 11.8 Å². The second-order valence-corrected chi connectivity index (χ2v) is 3.50. The summed E-state index contributed by atoms with van der Waals surface area (Å²) in [5, 5.41) is 2.73. The van der Waals surface area contributed by atoms with E-state index in [0.29, 0.717) is 12.1 Å². The molecule has 0 unspecified atom stereocenters. The predicted molar refractivity (Wildman–Crippen MR) is 58.3 cm³/mol. The van der Waals surface area contributed by atoms with Gasteiger partial charge in [-0.2, -0.15) is 0 Å². The highest BCUT2D eigenvalue weighted by Crippen LogP contribution is 2.16. The molecule has 0 bridgehead atoms. The Hall–Kier alpha value is -2.28. The summed E-state index contributed by atoms with van der Waals surface area (Å²) in [6.45, 7) is 0.541. The van der Waals surface area contributed by atoms with Crippen molar-refractivity contribution in [3.63, 3.8) is 0 Å². The van der Waals surface area contributed by atoms with Crippen LogP contribution in [0.4, 0.5) is 0 Å². The summed E-state index contributed by atoms with van der Waals surface area (Å²) >= 11 is 0. The monoisotopic (exact) mass is 214 g/mol. The molecule has 0 saturated heterocycles. The molecule has 0 saturated carbocycles. The highest BCUT2D eigenvalue weighted by atomic mass is 16.2. The van der Waals surface area contributed by atoms with Crippen molar-refractivity contribution in [3.05, 3.63) is 34.9 Å². The van der Waals surface area contributed by atoms with E-state index in [9.17, 15) is 9.59 Å². The zero-order valence-corrected chi connectivity index (χ0v) is 8.54. The molecule has 0 fully saturated rings. The maximum Gasteiger partial charge on any atom is 0.251 e. The zero-order chi connectivity index (χ0) is 11.5. The van der Waals surface area contributed by atoms with Gasteiger partial charge in [0.15, 0.2) is 0 Å². The van der Waals surface area contributed by atoms with Crippen LogP contribution in [-0.2, 0) is 11.3 Å². The summed E-state index contributed by atoms with van der Waals surface area (Å²) in [5.74, 6) is 5.02. The Bertz CT molecular complexity index is 524. The molecule has 1 aliphatic rings. The molecule has 1 heterocycles. The first kappa shape index (κ1) is 10.2. The van der Waals surface area contributed by atoms with E-state index in [1.807, 2.05) is 6.07 Å². The van der Waals surface area contributed by atoms with Crippen LogP contribution in [0, 0.1) is 11.8 Å². The van der Waals surface area contributed by atoms with Crippen LogP contribution < -0.4 is 11.1 Å². The Morgan fingerprint density at radius 2 is 2.31 bits per heavy atom. The van der Waals surface area contributed by atoms with Gasteiger partial charge in [-0.25, -0.2) is 0 Å². The summed E-state index contributed by atoms with van der Waals surface area (Å²) in [4.78, 5) is 21.8. The van der Waals surface area contributed by atoms with Gasteiger partial charge in [-0.1, -0.05) is 11.8 Å². The van der Waals surface area contributed by atoms with Gasteiger partial charge in [0.25, 0.3) is 5.91 Å². The van der Waals surface area contributed by atoms with Crippen LogP contribution in [0.2, 0.25) is 0 Å². The van der Waals surface area contributed by atoms with Gasteiger partial charge >= 0.3 is 0 Å². The van der Waals surface area contributed by atoms with Crippen LogP contribution in [0.5, 0.6) is 0 Å². The molecule has 0 spiro atoms. The average molecular weight is 214 g/mol. The van der Waals surface area contributed by atoms with Gasteiger partial charge in [-0.3, -0.25) is 9.59 Å². The lowest BCUT2D eigenvalue weighted by atomic mass is 10.1. The molecule has 2 amide bonds. The van der Waals surface area contributed by atoms with Crippen molar-refractivity contribution in [1.82, 2.24) is 5.32 Å². The minimum absolute atomic E-state index is 0.0494. The fourth-order valence-corrected chi connectivity index (χ4v) is 1.54. The van der Waals surface area contributed by atoms with E-state index >= 15 is 0 Å². The molecule has 1 aromatic carbocycles. The van der Waals surface area contributed by atoms with E-state index in [-0.39, 0.29) is 12.3 Å². The van der Waals surface area contributed by atoms with Crippen LogP contribution >= 0.6 is 0 Å². The van der Waals surface area contributed by atoms with Gasteiger partial charge in [0.2, 0.25) is 5.91 Å². The molecule has 0 aromatic heterocycles. The molecule has 4 nitrogen and oxygen atoms in total. The van der Waals surface area contributed by atoms with Gasteiger partial charge in [0.1, 0.15) is 0 Å². The Balaban J connectivity index is 2.21. The Morgan fingerprint density at radius 3 is 3.06 bits per heavy atom. The third-order valence-electron chi connectivity index (χ3n) is 2.28. The van der Waals surface area contributed by atoms with E-state index in [1.165, 1.54) is 0 Å². The smallest absolute Gasteiger partial charge is 0.251 e. The first-order chi connectivity index (χ1) is 7.66. The van der Waals surface area contributed by atoms with Gasteiger partial charge in [-0.15, -0.1) is 0 Å². The highest BCUT2D eigenvalue weighted by Gasteiger charge is 2.17. The molecule has 80 valence electrons. The van der Waals surface area contributed by atoms with E-state index in [1.54, 1.807) is 12.1 Å². The normalized spacial score (nSPS) is 12.4. The lowest BCUT2D eigenvalue weighted by Gasteiger charge is -1.95. The van der Waals surface area contributed by atoms with Gasteiger partial charge in [0.05, 0.1) is 6.42 Å². The van der Waals surface area contributed by atoms with Crippen molar-refractivity contribution in [3.8, 4) is 11.8 Å². The predicted octanol–water partition coefficient (Wildman–Crippen LogP) is 0.157. The number of rotatable bonds is 1. The Morgan fingerprint density at radius 1 is 1.50 bits per heavy atom. The second kappa shape index (κ2) is 4.07. The standard InChI is InChI=1S/C12H10N2O2/c13-11(15)3-1-2-8-4-5-10-9(6-8)7-14-12(10)16/h4-6H,3,7H2,(H2,13,15)(H,14,16). The van der Waals surface area contributed by atoms with Crippen molar-refractivity contribution in [2.45, 2.75) is 13.0 Å². The second-order valence-electron chi connectivity index (χ2n) is 3.50. The molecule has 1 aliphatic heterocycles. The van der Waals surface area contributed by atoms with Gasteiger partial charge < -0.3 is 11.1 Å². The number of hydrogen-bond donors (Lipinski definition) is 2. The number of amides is 2. The molecule has 16 heavy (non-hydrogen) atoms. The molecule has 2 rings (SSSR count). The molecule has 3 N–H and O–H groups in total. The number of nitrogens with one attached hydrogen (secondary N) is 1. The van der Waals surface area contributed by atoms with E-state index in [0.717, 1.165) is 11.1 Å². The summed E-state index contributed by atoms with van der Waals surface area (Å²) in [6, 6.07) is 5.35. The number of primary amides is 1. The first-order valence-electron chi connectivity index (χ1n) is 4.85. The Labute approximate surface area is 92.8 Å². The zero-order valence-electron chi connectivity index (χ0n) is 8.54. The third-order valence-corrected chi connectivity index (χ3v) is 2.28. The summed E-state index contributed by atoms with van der Waals surface area (Å²) in [5.41, 5.74) is 7.39. The molecule has 1 aromatic rings. The maximum atomic E-state index is 11.3. The third kappa shape index (κ3) is 2.04. The number of benzene rings is 1. The topological polar surface area (TPSA) is 72.2 Å². The molecule has 0 atom stereocenters. The van der Waals surface area contributed by atoms with Gasteiger partial charge in [0, 0.05) is 17.7 Å². The van der Waals surface area contributed by atoms with Crippen molar-refractivity contribution >= 4 is 11.8 Å². The summed E-state index contributed by atoms with van der Waals surface area (Å²) in [6.07, 6.45) is 0.0499. The van der Waals surface area contributed by atoms with Gasteiger partial charge in [-0.05, 0) is 23.8 Å². The lowest BCUT2D eigenvalue weighted by Crippen LogP contribution is -2.12.